The number of hydrogen-bond acceptors (Lipinski definition) is 6. The molecule has 1 N–H and O–H groups in total. The predicted molar refractivity (Wildman–Crippen MR) is 106 cm³/mol. The van der Waals surface area contributed by atoms with E-state index < -0.39 is 18.5 Å². The normalized spacial score (nSPS) is 10.0. The average molecular weight is 387 g/mol. The van der Waals surface area contributed by atoms with Crippen LogP contribution in [0.25, 0.3) is 0 Å². The molecule has 27 heavy (non-hydrogen) atoms. The van der Waals surface area contributed by atoms with E-state index in [1.165, 1.54) is 20.3 Å². The van der Waals surface area contributed by atoms with E-state index in [-0.39, 0.29) is 5.56 Å². The van der Waals surface area contributed by atoms with Gasteiger partial charge in [-0.2, -0.15) is 0 Å². The van der Waals surface area contributed by atoms with Crippen LogP contribution in [0.4, 0.5) is 5.69 Å². The Labute approximate surface area is 162 Å². The second-order valence-corrected chi connectivity index (χ2v) is 6.35. The minimum atomic E-state index is -0.625. The third-order valence-corrected chi connectivity index (χ3v) is 4.54. The van der Waals surface area contributed by atoms with E-state index in [4.69, 9.17) is 14.2 Å². The van der Waals surface area contributed by atoms with Gasteiger partial charge in [-0.15, -0.1) is 18.3 Å². The minimum Gasteiger partial charge on any atom is -0.493 e. The van der Waals surface area contributed by atoms with Gasteiger partial charge in [0.05, 0.1) is 25.5 Å². The molecule has 0 spiro atoms. The molecule has 2 aromatic rings. The molecule has 2 rings (SSSR count). The number of methoxy groups -OCH3 is 2. The quantitative estimate of drug-likeness (QED) is 0.401. The Balaban J connectivity index is 1.96. The predicted octanol–water partition coefficient (Wildman–Crippen LogP) is 3.78. The summed E-state index contributed by atoms with van der Waals surface area (Å²) in [5.41, 5.74) is 0.930. The van der Waals surface area contributed by atoms with Crippen LogP contribution in [0.15, 0.2) is 60.0 Å². The first-order valence-corrected chi connectivity index (χ1v) is 9.09. The number of benzene rings is 2. The molecule has 0 saturated heterocycles. The lowest BCUT2D eigenvalue weighted by Crippen LogP contribution is -2.21. The molecular formula is C20H21NO5S. The number of para-hydroxylation sites is 1. The smallest absolute Gasteiger partial charge is 0.338 e. The summed E-state index contributed by atoms with van der Waals surface area (Å²) >= 11 is 1.55. The van der Waals surface area contributed by atoms with E-state index in [9.17, 15) is 9.59 Å². The van der Waals surface area contributed by atoms with Crippen LogP contribution in [0.3, 0.4) is 0 Å². The Kier molecular flexibility index (Phi) is 7.76. The zero-order valence-electron chi connectivity index (χ0n) is 15.2. The summed E-state index contributed by atoms with van der Waals surface area (Å²) in [5.74, 6) is 0.585. The molecule has 0 bridgehead atoms. The third kappa shape index (κ3) is 5.79. The van der Waals surface area contributed by atoms with Gasteiger partial charge in [0.15, 0.2) is 18.1 Å². The highest BCUT2D eigenvalue weighted by atomic mass is 32.2. The summed E-state index contributed by atoms with van der Waals surface area (Å²) in [6.45, 7) is 3.29. The van der Waals surface area contributed by atoms with Crippen molar-refractivity contribution in [2.24, 2.45) is 0 Å². The molecule has 1 amide bonds. The lowest BCUT2D eigenvalue weighted by Gasteiger charge is -2.11. The van der Waals surface area contributed by atoms with Gasteiger partial charge < -0.3 is 19.5 Å². The number of hydrogen-bond donors (Lipinski definition) is 1. The van der Waals surface area contributed by atoms with Gasteiger partial charge in [-0.25, -0.2) is 4.79 Å². The van der Waals surface area contributed by atoms with Crippen molar-refractivity contribution in [2.75, 3.05) is 31.9 Å². The maximum Gasteiger partial charge on any atom is 0.338 e. The number of anilines is 1. The van der Waals surface area contributed by atoms with Gasteiger partial charge in [0.25, 0.3) is 5.91 Å². The zero-order chi connectivity index (χ0) is 19.6. The summed E-state index contributed by atoms with van der Waals surface area (Å²) in [7, 11) is 2.98. The fourth-order valence-corrected chi connectivity index (χ4v) is 2.96. The van der Waals surface area contributed by atoms with Crippen molar-refractivity contribution in [1.29, 1.82) is 0 Å². The molecule has 142 valence electrons. The molecule has 0 radical (unpaired) electrons. The molecule has 0 aliphatic heterocycles. The number of ether oxygens (including phenoxy) is 3. The first kappa shape index (κ1) is 20.4. The van der Waals surface area contributed by atoms with Gasteiger partial charge in [-0.3, -0.25) is 4.79 Å². The van der Waals surface area contributed by atoms with E-state index in [1.54, 1.807) is 36.0 Å². The van der Waals surface area contributed by atoms with Crippen molar-refractivity contribution >= 4 is 29.3 Å². The molecule has 0 aromatic heterocycles. The van der Waals surface area contributed by atoms with Crippen LogP contribution in [0, 0.1) is 0 Å². The van der Waals surface area contributed by atoms with Crippen LogP contribution >= 0.6 is 11.8 Å². The van der Waals surface area contributed by atoms with Crippen molar-refractivity contribution < 1.29 is 23.8 Å². The van der Waals surface area contributed by atoms with Crippen molar-refractivity contribution in [3.05, 3.63) is 60.7 Å². The monoisotopic (exact) mass is 387 g/mol. The van der Waals surface area contributed by atoms with Crippen molar-refractivity contribution in [2.45, 2.75) is 4.90 Å². The standard InChI is InChI=1S/C20H21NO5S/c1-4-11-27-18-8-6-5-7-15(18)21-19(22)13-26-20(23)14-9-10-16(24-2)17(12-14)25-3/h4-10,12H,1,11,13H2,2-3H3,(H,21,22). The largest absolute Gasteiger partial charge is 0.493 e. The van der Waals surface area contributed by atoms with Crippen LogP contribution in [-0.4, -0.2) is 38.5 Å². The minimum absolute atomic E-state index is 0.266. The molecule has 0 heterocycles. The third-order valence-electron chi connectivity index (χ3n) is 3.47. The van der Waals surface area contributed by atoms with Gasteiger partial charge in [-0.1, -0.05) is 18.2 Å². The number of carbonyl (C=O) groups excluding carboxylic acids is 2. The molecule has 2 aromatic carbocycles. The Morgan fingerprint density at radius 3 is 2.56 bits per heavy atom. The number of amides is 1. The number of thioether (sulfide) groups is 1. The lowest BCUT2D eigenvalue weighted by molar-refractivity contribution is -0.119. The van der Waals surface area contributed by atoms with Crippen LogP contribution < -0.4 is 14.8 Å². The molecular weight excluding hydrogens is 366 g/mol. The summed E-state index contributed by atoms with van der Waals surface area (Å²) in [4.78, 5) is 25.2. The maximum atomic E-state index is 12.2. The van der Waals surface area contributed by atoms with Crippen LogP contribution in [0.1, 0.15) is 10.4 Å². The highest BCUT2D eigenvalue weighted by Crippen LogP contribution is 2.28. The van der Waals surface area contributed by atoms with Gasteiger partial charge in [-0.05, 0) is 30.3 Å². The van der Waals surface area contributed by atoms with E-state index in [0.29, 0.717) is 17.2 Å². The van der Waals surface area contributed by atoms with Gasteiger partial charge in [0, 0.05) is 10.6 Å². The maximum absolute atomic E-state index is 12.2. The number of rotatable bonds is 9. The highest BCUT2D eigenvalue weighted by molar-refractivity contribution is 7.99. The Morgan fingerprint density at radius 1 is 1.11 bits per heavy atom. The highest BCUT2D eigenvalue weighted by Gasteiger charge is 2.14. The number of nitrogens with one attached hydrogen (secondary N) is 1. The van der Waals surface area contributed by atoms with Crippen LogP contribution in [0.2, 0.25) is 0 Å². The van der Waals surface area contributed by atoms with Crippen molar-refractivity contribution in [1.82, 2.24) is 0 Å². The molecule has 0 atom stereocenters. The van der Waals surface area contributed by atoms with Gasteiger partial charge in [0.2, 0.25) is 0 Å². The first-order valence-electron chi connectivity index (χ1n) is 8.10. The summed E-state index contributed by atoms with van der Waals surface area (Å²) in [5, 5.41) is 2.75. The Hall–Kier alpha value is -2.93. The van der Waals surface area contributed by atoms with E-state index in [0.717, 1.165) is 10.6 Å². The van der Waals surface area contributed by atoms with Crippen molar-refractivity contribution in [3.8, 4) is 11.5 Å². The second kappa shape index (κ2) is 10.3. The first-order chi connectivity index (χ1) is 13.1. The fraction of sp³-hybridized carbons (Fsp3) is 0.200. The SMILES string of the molecule is C=CCSc1ccccc1NC(=O)COC(=O)c1ccc(OC)c(OC)c1. The molecule has 0 aliphatic carbocycles. The average Bonchev–Trinajstić information content (AvgIpc) is 2.70. The second-order valence-electron chi connectivity index (χ2n) is 5.29. The van der Waals surface area contributed by atoms with E-state index >= 15 is 0 Å². The molecule has 0 saturated carbocycles. The van der Waals surface area contributed by atoms with Crippen LogP contribution in [0.5, 0.6) is 11.5 Å². The summed E-state index contributed by atoms with van der Waals surface area (Å²) in [6.07, 6.45) is 1.79. The van der Waals surface area contributed by atoms with E-state index in [2.05, 4.69) is 11.9 Å². The molecule has 0 aliphatic rings. The van der Waals surface area contributed by atoms with Crippen LogP contribution in [-0.2, 0) is 9.53 Å². The number of esters is 1. The van der Waals surface area contributed by atoms with E-state index in [1.807, 2.05) is 18.2 Å². The van der Waals surface area contributed by atoms with Gasteiger partial charge >= 0.3 is 5.97 Å². The summed E-state index contributed by atoms with van der Waals surface area (Å²) in [6, 6.07) is 12.0. The lowest BCUT2D eigenvalue weighted by atomic mass is 10.2. The fourth-order valence-electron chi connectivity index (χ4n) is 2.21. The van der Waals surface area contributed by atoms with Crippen molar-refractivity contribution in [3.63, 3.8) is 0 Å². The molecule has 0 fully saturated rings. The Morgan fingerprint density at radius 2 is 1.85 bits per heavy atom. The number of carbonyl (C=O) groups is 2. The Bertz CT molecular complexity index is 822. The zero-order valence-corrected chi connectivity index (χ0v) is 16.0. The topological polar surface area (TPSA) is 73.9 Å². The summed E-state index contributed by atoms with van der Waals surface area (Å²) < 4.78 is 15.4. The van der Waals surface area contributed by atoms with Gasteiger partial charge in [0.1, 0.15) is 0 Å². The molecule has 0 unspecified atom stereocenters. The molecule has 7 heteroatoms. The molecule has 6 nitrogen and oxygen atoms in total.